The van der Waals surface area contributed by atoms with E-state index in [0.717, 1.165) is 0 Å². The number of halogens is 3. The highest BCUT2D eigenvalue weighted by Crippen LogP contribution is 2.31. The van der Waals surface area contributed by atoms with Gasteiger partial charge in [-0.1, -0.05) is 13.0 Å². The Hall–Kier alpha value is -0.520. The van der Waals surface area contributed by atoms with E-state index >= 15 is 0 Å². The molecule has 0 radical (unpaired) electrons. The molecule has 0 aliphatic heterocycles. The SMILES string of the molecule is CCC(F)(F)CCS(=O)(=O)C1=CC[C@H]1F. The van der Waals surface area contributed by atoms with Crippen LogP contribution in [0.4, 0.5) is 13.2 Å². The molecule has 0 aromatic rings. The first-order valence-corrected chi connectivity index (χ1v) is 6.38. The summed E-state index contributed by atoms with van der Waals surface area (Å²) < 4.78 is 61.0. The summed E-state index contributed by atoms with van der Waals surface area (Å²) in [5, 5.41) is 0. The average Bonchev–Trinajstić information content (AvgIpc) is 2.12. The van der Waals surface area contributed by atoms with Crippen LogP contribution < -0.4 is 0 Å². The predicted molar refractivity (Wildman–Crippen MR) is 51.2 cm³/mol. The Morgan fingerprint density at radius 2 is 2.13 bits per heavy atom. The van der Waals surface area contributed by atoms with Gasteiger partial charge in [0, 0.05) is 19.3 Å². The summed E-state index contributed by atoms with van der Waals surface area (Å²) in [5.74, 6) is -3.66. The van der Waals surface area contributed by atoms with E-state index in [0.29, 0.717) is 0 Å². The molecule has 1 rings (SSSR count). The fraction of sp³-hybridized carbons (Fsp3) is 0.778. The van der Waals surface area contributed by atoms with E-state index < -0.39 is 40.5 Å². The minimum absolute atomic E-state index is 0.0682. The second-order valence-electron chi connectivity index (χ2n) is 3.59. The molecule has 0 saturated heterocycles. The molecular formula is C9H13F3O2S. The molecule has 15 heavy (non-hydrogen) atoms. The molecule has 0 bridgehead atoms. The maximum Gasteiger partial charge on any atom is 0.248 e. The molecule has 0 amide bonds. The summed E-state index contributed by atoms with van der Waals surface area (Å²) in [6.07, 6.45) is -1.33. The maximum absolute atomic E-state index is 12.8. The van der Waals surface area contributed by atoms with Crippen molar-refractivity contribution in [3.63, 3.8) is 0 Å². The van der Waals surface area contributed by atoms with E-state index in [2.05, 4.69) is 0 Å². The van der Waals surface area contributed by atoms with Crippen LogP contribution in [0, 0.1) is 0 Å². The van der Waals surface area contributed by atoms with Gasteiger partial charge in [-0.2, -0.15) is 0 Å². The van der Waals surface area contributed by atoms with Gasteiger partial charge in [-0.15, -0.1) is 0 Å². The van der Waals surface area contributed by atoms with Gasteiger partial charge in [0.1, 0.15) is 6.17 Å². The lowest BCUT2D eigenvalue weighted by molar-refractivity contribution is -0.00567. The van der Waals surface area contributed by atoms with Crippen LogP contribution >= 0.6 is 0 Å². The second kappa shape index (κ2) is 4.15. The monoisotopic (exact) mass is 242 g/mol. The summed E-state index contributed by atoms with van der Waals surface area (Å²) in [4.78, 5) is -0.325. The molecule has 88 valence electrons. The minimum Gasteiger partial charge on any atom is -0.241 e. The highest BCUT2D eigenvalue weighted by molar-refractivity contribution is 7.95. The van der Waals surface area contributed by atoms with Gasteiger partial charge in [-0.3, -0.25) is 0 Å². The molecule has 1 atom stereocenters. The van der Waals surface area contributed by atoms with Gasteiger partial charge < -0.3 is 0 Å². The maximum atomic E-state index is 12.8. The Labute approximate surface area is 87.1 Å². The largest absolute Gasteiger partial charge is 0.248 e. The van der Waals surface area contributed by atoms with Crippen molar-refractivity contribution >= 4 is 9.84 Å². The third-order valence-electron chi connectivity index (χ3n) is 2.45. The van der Waals surface area contributed by atoms with E-state index in [1.807, 2.05) is 0 Å². The van der Waals surface area contributed by atoms with Gasteiger partial charge in [-0.25, -0.2) is 21.6 Å². The van der Waals surface area contributed by atoms with Crippen molar-refractivity contribution in [2.75, 3.05) is 5.75 Å². The highest BCUT2D eigenvalue weighted by Gasteiger charge is 2.35. The zero-order valence-corrected chi connectivity index (χ0v) is 9.16. The molecule has 0 aromatic carbocycles. The first kappa shape index (κ1) is 12.5. The molecule has 2 nitrogen and oxygen atoms in total. The molecule has 0 aromatic heterocycles. The van der Waals surface area contributed by atoms with Gasteiger partial charge in [0.25, 0.3) is 0 Å². The average molecular weight is 242 g/mol. The standard InChI is InChI=1S/C9H13F3O2S/c1-2-9(11,12)5-6-15(13,14)8-4-3-7(8)10/h4,7H,2-3,5-6H2,1H3/t7-/m1/s1. The van der Waals surface area contributed by atoms with Crippen molar-refractivity contribution in [1.82, 2.24) is 0 Å². The molecule has 1 aliphatic carbocycles. The van der Waals surface area contributed by atoms with Crippen molar-refractivity contribution < 1.29 is 21.6 Å². The quantitative estimate of drug-likeness (QED) is 0.742. The van der Waals surface area contributed by atoms with E-state index in [4.69, 9.17) is 0 Å². The zero-order valence-electron chi connectivity index (χ0n) is 8.34. The van der Waals surface area contributed by atoms with Crippen molar-refractivity contribution in [3.05, 3.63) is 11.0 Å². The van der Waals surface area contributed by atoms with Gasteiger partial charge in [0.2, 0.25) is 5.92 Å². The van der Waals surface area contributed by atoms with Crippen molar-refractivity contribution in [2.24, 2.45) is 0 Å². The van der Waals surface area contributed by atoms with Crippen LogP contribution in [0.2, 0.25) is 0 Å². The normalized spacial score (nSPS) is 22.1. The lowest BCUT2D eigenvalue weighted by atomic mass is 10.1. The fourth-order valence-corrected chi connectivity index (χ4v) is 2.84. The Morgan fingerprint density at radius 3 is 2.47 bits per heavy atom. The van der Waals surface area contributed by atoms with Gasteiger partial charge in [0.15, 0.2) is 9.84 Å². The van der Waals surface area contributed by atoms with Gasteiger partial charge >= 0.3 is 0 Å². The summed E-state index contributed by atoms with van der Waals surface area (Å²) in [6.45, 7) is 1.28. The number of allylic oxidation sites excluding steroid dienone is 2. The van der Waals surface area contributed by atoms with Crippen LogP contribution in [-0.4, -0.2) is 26.3 Å². The number of hydrogen-bond acceptors (Lipinski definition) is 2. The van der Waals surface area contributed by atoms with Crippen LogP contribution in [0.25, 0.3) is 0 Å². The first-order valence-electron chi connectivity index (χ1n) is 4.73. The molecule has 1 aliphatic rings. The van der Waals surface area contributed by atoms with E-state index in [1.165, 1.54) is 13.0 Å². The summed E-state index contributed by atoms with van der Waals surface area (Å²) >= 11 is 0. The van der Waals surface area contributed by atoms with Gasteiger partial charge in [-0.05, 0) is 0 Å². The van der Waals surface area contributed by atoms with Crippen LogP contribution in [-0.2, 0) is 9.84 Å². The van der Waals surface area contributed by atoms with E-state index in [1.54, 1.807) is 0 Å². The zero-order chi connectivity index (χ0) is 11.7. The van der Waals surface area contributed by atoms with Crippen molar-refractivity contribution in [2.45, 2.75) is 38.3 Å². The minimum atomic E-state index is -3.81. The smallest absolute Gasteiger partial charge is 0.241 e. The van der Waals surface area contributed by atoms with Crippen molar-refractivity contribution in [1.29, 1.82) is 0 Å². The number of alkyl halides is 3. The predicted octanol–water partition coefficient (Wildman–Crippen LogP) is 2.46. The molecular weight excluding hydrogens is 229 g/mol. The molecule has 0 saturated carbocycles. The van der Waals surface area contributed by atoms with E-state index in [9.17, 15) is 21.6 Å². The van der Waals surface area contributed by atoms with E-state index in [-0.39, 0.29) is 11.3 Å². The van der Waals surface area contributed by atoms with Crippen LogP contribution in [0.15, 0.2) is 11.0 Å². The third-order valence-corrected chi connectivity index (χ3v) is 4.33. The van der Waals surface area contributed by atoms with Crippen molar-refractivity contribution in [3.8, 4) is 0 Å². The Kier molecular flexibility index (Phi) is 3.48. The van der Waals surface area contributed by atoms with Gasteiger partial charge in [0.05, 0.1) is 10.7 Å². The first-order chi connectivity index (χ1) is 6.78. The molecule has 6 heteroatoms. The fourth-order valence-electron chi connectivity index (χ4n) is 1.20. The molecule has 0 N–H and O–H groups in total. The number of hydrogen-bond donors (Lipinski definition) is 0. The van der Waals surface area contributed by atoms with Crippen LogP contribution in [0.3, 0.4) is 0 Å². The second-order valence-corrected chi connectivity index (χ2v) is 5.70. The third kappa shape index (κ3) is 2.96. The summed E-state index contributed by atoms with van der Waals surface area (Å²) in [6, 6.07) is 0. The van der Waals surface area contributed by atoms with Crippen LogP contribution in [0.5, 0.6) is 0 Å². The molecule has 0 heterocycles. The lowest BCUT2D eigenvalue weighted by Gasteiger charge is -2.21. The highest BCUT2D eigenvalue weighted by atomic mass is 32.2. The Balaban J connectivity index is 2.59. The Morgan fingerprint density at radius 1 is 1.53 bits per heavy atom. The number of rotatable bonds is 5. The molecule has 0 unspecified atom stereocenters. The number of sulfone groups is 1. The summed E-state index contributed by atoms with van der Waals surface area (Å²) in [7, 11) is -3.81. The lowest BCUT2D eigenvalue weighted by Crippen LogP contribution is -2.27. The molecule has 0 fully saturated rings. The molecule has 0 spiro atoms. The summed E-state index contributed by atoms with van der Waals surface area (Å²) in [5.41, 5.74) is 0. The topological polar surface area (TPSA) is 34.1 Å². The van der Waals surface area contributed by atoms with Crippen LogP contribution in [0.1, 0.15) is 26.2 Å². The Bertz CT molecular complexity index is 360.